The number of aryl methyl sites for hydroxylation is 2. The summed E-state index contributed by atoms with van der Waals surface area (Å²) in [6.45, 7) is 12.8. The lowest BCUT2D eigenvalue weighted by Gasteiger charge is -2.41. The van der Waals surface area contributed by atoms with Crippen molar-refractivity contribution in [1.82, 2.24) is 9.80 Å². The third kappa shape index (κ3) is 3.98. The maximum Gasteiger partial charge on any atom is 0.253 e. The van der Waals surface area contributed by atoms with Gasteiger partial charge in [0.05, 0.1) is 30.1 Å². The molecule has 1 aromatic carbocycles. The van der Waals surface area contributed by atoms with Gasteiger partial charge in [-0.15, -0.1) is 0 Å². The minimum atomic E-state index is -1.34. The number of anilines is 1. The van der Waals surface area contributed by atoms with Crippen molar-refractivity contribution in [2.24, 2.45) is 17.8 Å². The molecule has 3 amide bonds. The number of nitrogens with zero attached hydrogens (tertiary/aromatic N) is 3. The number of fused-ring (bicyclic) bond motifs is 2. The molecule has 4 heterocycles. The van der Waals surface area contributed by atoms with Crippen LogP contribution in [0.1, 0.15) is 45.2 Å². The Balaban J connectivity index is 1.70. The maximum absolute atomic E-state index is 14.7. The van der Waals surface area contributed by atoms with E-state index >= 15 is 0 Å². The highest BCUT2D eigenvalue weighted by molar-refractivity contribution is 6.06. The predicted molar refractivity (Wildman–Crippen MR) is 149 cm³/mol. The second-order valence-electron chi connectivity index (χ2n) is 12.0. The van der Waals surface area contributed by atoms with E-state index in [1.165, 1.54) is 0 Å². The van der Waals surface area contributed by atoms with Crippen molar-refractivity contribution in [2.45, 2.75) is 71.2 Å². The van der Waals surface area contributed by atoms with Gasteiger partial charge in [-0.05, 0) is 44.2 Å². The van der Waals surface area contributed by atoms with E-state index in [9.17, 15) is 19.5 Å². The third-order valence-corrected chi connectivity index (χ3v) is 9.10. The first-order valence-electron chi connectivity index (χ1n) is 14.2. The fourth-order valence-corrected chi connectivity index (χ4v) is 7.39. The second-order valence-corrected chi connectivity index (χ2v) is 12.0. The number of likely N-dealkylation sites (tertiary alicyclic amines) is 1. The van der Waals surface area contributed by atoms with E-state index in [1.54, 1.807) is 14.7 Å². The zero-order chi connectivity index (χ0) is 28.3. The molecule has 0 saturated carbocycles. The largest absolute Gasteiger partial charge is 0.394 e. The van der Waals surface area contributed by atoms with Gasteiger partial charge in [0.2, 0.25) is 11.8 Å². The lowest BCUT2D eigenvalue weighted by Crippen LogP contribution is -2.60. The summed E-state index contributed by atoms with van der Waals surface area (Å²) < 4.78 is 6.90. The maximum atomic E-state index is 14.7. The lowest BCUT2D eigenvalue weighted by atomic mass is 9.74. The minimum Gasteiger partial charge on any atom is -0.394 e. The van der Waals surface area contributed by atoms with Gasteiger partial charge in [0.25, 0.3) is 5.91 Å². The average molecular weight is 536 g/mol. The summed E-state index contributed by atoms with van der Waals surface area (Å²) in [5, 5.41) is 10.5. The average Bonchev–Trinajstić information content (AvgIpc) is 3.14. The van der Waals surface area contributed by atoms with E-state index in [2.05, 4.69) is 0 Å². The summed E-state index contributed by atoms with van der Waals surface area (Å²) in [6.07, 6.45) is 8.42. The van der Waals surface area contributed by atoms with E-state index in [0.29, 0.717) is 19.6 Å². The van der Waals surface area contributed by atoms with Crippen molar-refractivity contribution in [3.05, 3.63) is 53.6 Å². The summed E-state index contributed by atoms with van der Waals surface area (Å²) in [6, 6.07) is 4.30. The second kappa shape index (κ2) is 9.89. The smallest absolute Gasteiger partial charge is 0.253 e. The number of para-hydroxylation sites is 1. The Kier molecular flexibility index (Phi) is 7.00. The molecule has 1 aromatic rings. The van der Waals surface area contributed by atoms with Crippen LogP contribution in [0, 0.1) is 31.6 Å². The molecule has 6 atom stereocenters. The van der Waals surface area contributed by atoms with Crippen molar-refractivity contribution in [3.63, 3.8) is 0 Å². The molecule has 1 unspecified atom stereocenters. The summed E-state index contributed by atoms with van der Waals surface area (Å²) in [5.41, 5.74) is 0.348. The molecule has 5 rings (SSSR count). The Hall–Kier alpha value is -2.97. The van der Waals surface area contributed by atoms with Crippen LogP contribution in [0.15, 0.2) is 42.5 Å². The molecule has 210 valence electrons. The van der Waals surface area contributed by atoms with Crippen LogP contribution in [-0.4, -0.2) is 82.2 Å². The third-order valence-electron chi connectivity index (χ3n) is 9.10. The molecule has 0 aromatic heterocycles. The molecular formula is C31H41N3O5. The van der Waals surface area contributed by atoms with Gasteiger partial charge in [0.15, 0.2) is 0 Å². The van der Waals surface area contributed by atoms with Crippen molar-refractivity contribution in [2.75, 3.05) is 31.1 Å². The Bertz CT molecular complexity index is 1220. The number of benzene rings is 1. The standard InChI is InChI=1S/C31H41N3O5/c1-7-15-32-16-9-13-30(6)23(27(32)36)24-28(37)34(22(18-35)19(2)3)26-29(38)33(17-10-14-31(24,26)39-30)25-20(4)11-8-12-21(25)5/h8-14,19,22-24,26,35H,7,15-18H2,1-6H3/t22-,23-,24-,26?,30+,31-/m0/s1. The Morgan fingerprint density at radius 1 is 1.00 bits per heavy atom. The number of hydrogen-bond donors (Lipinski definition) is 1. The first-order valence-corrected chi connectivity index (χ1v) is 14.2. The van der Waals surface area contributed by atoms with Crippen LogP contribution >= 0.6 is 0 Å². The first kappa shape index (κ1) is 27.6. The van der Waals surface area contributed by atoms with Crippen LogP contribution in [-0.2, 0) is 19.1 Å². The summed E-state index contributed by atoms with van der Waals surface area (Å²) in [7, 11) is 0. The molecule has 1 N–H and O–H groups in total. The monoisotopic (exact) mass is 535 g/mol. The van der Waals surface area contributed by atoms with Gasteiger partial charge in [-0.3, -0.25) is 14.4 Å². The zero-order valence-corrected chi connectivity index (χ0v) is 23.9. The van der Waals surface area contributed by atoms with Crippen molar-refractivity contribution in [3.8, 4) is 0 Å². The topological polar surface area (TPSA) is 90.4 Å². The molecule has 2 saturated heterocycles. The SMILES string of the molecule is CCCN1CC=C[C@@]2(C)O[C@]34C=CCN(c5c(C)cccc5C)C(=O)C3N([C@@H](CO)C(C)C)C(=O)[C@@H]4[C@H]2C1=O. The first-order chi connectivity index (χ1) is 18.5. The number of rotatable bonds is 6. The molecular weight excluding hydrogens is 494 g/mol. The van der Waals surface area contributed by atoms with E-state index in [4.69, 9.17) is 4.74 Å². The van der Waals surface area contributed by atoms with E-state index < -0.39 is 35.1 Å². The molecule has 4 aliphatic heterocycles. The fraction of sp³-hybridized carbons (Fsp3) is 0.581. The van der Waals surface area contributed by atoms with Gasteiger partial charge in [-0.25, -0.2) is 0 Å². The lowest BCUT2D eigenvalue weighted by molar-refractivity contribution is -0.152. The number of carbonyl (C=O) groups excluding carboxylic acids is 3. The highest BCUT2D eigenvalue weighted by Gasteiger charge is 2.75. The van der Waals surface area contributed by atoms with Gasteiger partial charge >= 0.3 is 0 Å². The van der Waals surface area contributed by atoms with Gasteiger partial charge in [0, 0.05) is 25.3 Å². The van der Waals surface area contributed by atoms with Crippen LogP contribution in [0.2, 0.25) is 0 Å². The van der Waals surface area contributed by atoms with E-state index in [-0.39, 0.29) is 30.2 Å². The summed E-state index contributed by atoms with van der Waals surface area (Å²) >= 11 is 0. The number of amides is 3. The highest BCUT2D eigenvalue weighted by Crippen LogP contribution is 2.58. The molecule has 0 aliphatic carbocycles. The van der Waals surface area contributed by atoms with Gasteiger partial charge in [-0.2, -0.15) is 0 Å². The zero-order valence-electron chi connectivity index (χ0n) is 23.9. The summed E-state index contributed by atoms with van der Waals surface area (Å²) in [4.78, 5) is 48.4. The van der Waals surface area contributed by atoms with Crippen LogP contribution in [0.3, 0.4) is 0 Å². The van der Waals surface area contributed by atoms with Crippen molar-refractivity contribution < 1.29 is 24.2 Å². The van der Waals surface area contributed by atoms with Crippen LogP contribution in [0.5, 0.6) is 0 Å². The van der Waals surface area contributed by atoms with Gasteiger partial charge in [-0.1, -0.05) is 63.3 Å². The molecule has 0 radical (unpaired) electrons. The molecule has 39 heavy (non-hydrogen) atoms. The number of carbonyl (C=O) groups is 3. The van der Waals surface area contributed by atoms with E-state index in [0.717, 1.165) is 23.2 Å². The highest BCUT2D eigenvalue weighted by atomic mass is 16.5. The van der Waals surface area contributed by atoms with Crippen LogP contribution in [0.25, 0.3) is 0 Å². The molecule has 1 spiro atoms. The Morgan fingerprint density at radius 3 is 2.28 bits per heavy atom. The van der Waals surface area contributed by atoms with Crippen LogP contribution in [0.4, 0.5) is 5.69 Å². The molecule has 2 fully saturated rings. The predicted octanol–water partition coefficient (Wildman–Crippen LogP) is 3.00. The van der Waals surface area contributed by atoms with Crippen molar-refractivity contribution >= 4 is 23.4 Å². The molecule has 0 bridgehead atoms. The number of aliphatic hydroxyl groups excluding tert-OH is 1. The molecule has 8 heteroatoms. The number of aliphatic hydroxyl groups is 1. The quantitative estimate of drug-likeness (QED) is 0.566. The Labute approximate surface area is 231 Å². The normalized spacial score (nSPS) is 32.9. The molecule has 4 aliphatic rings. The fourth-order valence-electron chi connectivity index (χ4n) is 7.39. The van der Waals surface area contributed by atoms with Gasteiger partial charge < -0.3 is 24.5 Å². The van der Waals surface area contributed by atoms with Crippen LogP contribution < -0.4 is 4.90 Å². The number of ether oxygens (including phenoxy) is 1. The van der Waals surface area contributed by atoms with Gasteiger partial charge in [0.1, 0.15) is 11.6 Å². The summed E-state index contributed by atoms with van der Waals surface area (Å²) in [5.74, 6) is -2.46. The Morgan fingerprint density at radius 2 is 1.67 bits per heavy atom. The minimum absolute atomic E-state index is 0.115. The van der Waals surface area contributed by atoms with Crippen molar-refractivity contribution in [1.29, 1.82) is 0 Å². The van der Waals surface area contributed by atoms with E-state index in [1.807, 2.05) is 84.0 Å². The molecule has 8 nitrogen and oxygen atoms in total. The number of hydrogen-bond acceptors (Lipinski definition) is 5.